The van der Waals surface area contributed by atoms with Crippen LogP contribution in [0.25, 0.3) is 0 Å². The standard InChI is InChI=1S/C31H26N4OP2/c36-29(30-32-21-22-33-30)31-34(37(25-13-5-1-6-14-25)26-15-7-2-8-16-26)23-24-35(31)38(27-17-9-3-10-18-27)28-19-11-4-12-20-28/h1-24,31H,(H,32,33). The van der Waals surface area contributed by atoms with Crippen molar-refractivity contribution in [2.45, 2.75) is 6.17 Å². The number of hydrogen-bond donors (Lipinski definition) is 1. The van der Waals surface area contributed by atoms with Gasteiger partial charge in [0.15, 0.2) is 12.0 Å². The summed E-state index contributed by atoms with van der Waals surface area (Å²) in [4.78, 5) is 21.7. The number of hydrogen-bond acceptors (Lipinski definition) is 4. The van der Waals surface area contributed by atoms with Crippen LogP contribution in [-0.4, -0.2) is 31.3 Å². The molecule has 1 aromatic heterocycles. The zero-order valence-corrected chi connectivity index (χ0v) is 22.4. The molecule has 5 aromatic rings. The Bertz CT molecular complexity index is 1330. The molecule has 6 rings (SSSR count). The smallest absolute Gasteiger partial charge is 0.241 e. The van der Waals surface area contributed by atoms with E-state index in [0.717, 1.165) is 0 Å². The first-order valence-electron chi connectivity index (χ1n) is 12.4. The number of nitrogens with one attached hydrogen (secondary N) is 1. The van der Waals surface area contributed by atoms with E-state index in [9.17, 15) is 4.79 Å². The van der Waals surface area contributed by atoms with Crippen LogP contribution in [0.3, 0.4) is 0 Å². The van der Waals surface area contributed by atoms with E-state index >= 15 is 0 Å². The van der Waals surface area contributed by atoms with Crippen molar-refractivity contribution in [1.82, 2.24) is 19.3 Å². The summed E-state index contributed by atoms with van der Waals surface area (Å²) in [5, 5.41) is 4.73. The van der Waals surface area contributed by atoms with Crippen molar-refractivity contribution in [2.24, 2.45) is 0 Å². The Morgan fingerprint density at radius 3 is 1.29 bits per heavy atom. The highest BCUT2D eigenvalue weighted by atomic mass is 31.1. The number of benzene rings is 4. The summed E-state index contributed by atoms with van der Waals surface area (Å²) >= 11 is 0. The average Bonchev–Trinajstić information content (AvgIpc) is 3.67. The Labute approximate surface area is 225 Å². The van der Waals surface area contributed by atoms with Crippen LogP contribution in [0.5, 0.6) is 0 Å². The second kappa shape index (κ2) is 11.1. The molecule has 0 fully saturated rings. The van der Waals surface area contributed by atoms with Gasteiger partial charge in [-0.25, -0.2) is 4.98 Å². The lowest BCUT2D eigenvalue weighted by molar-refractivity contribution is 0.0864. The first-order chi connectivity index (χ1) is 18.8. The van der Waals surface area contributed by atoms with Crippen LogP contribution in [-0.2, 0) is 0 Å². The summed E-state index contributed by atoms with van der Waals surface area (Å²) in [6, 6.07) is 41.9. The van der Waals surface area contributed by atoms with E-state index in [1.807, 2.05) is 24.3 Å². The molecule has 0 unspecified atom stereocenters. The summed E-state index contributed by atoms with van der Waals surface area (Å²) in [5.74, 6) is 0.305. The molecule has 0 spiro atoms. The van der Waals surface area contributed by atoms with Gasteiger partial charge in [-0.15, -0.1) is 0 Å². The van der Waals surface area contributed by atoms with Crippen LogP contribution in [0.2, 0.25) is 0 Å². The molecule has 1 aliphatic heterocycles. The second-order valence-electron chi connectivity index (χ2n) is 8.70. The van der Waals surface area contributed by atoms with E-state index in [2.05, 4.69) is 129 Å². The largest absolute Gasteiger partial charge is 0.342 e. The molecular formula is C31H26N4OP2. The maximum Gasteiger partial charge on any atom is 0.241 e. The Morgan fingerprint density at radius 1 is 0.605 bits per heavy atom. The first kappa shape index (κ1) is 24.3. The summed E-state index contributed by atoms with van der Waals surface area (Å²) < 4.78 is 4.48. The minimum Gasteiger partial charge on any atom is -0.342 e. The third-order valence-electron chi connectivity index (χ3n) is 6.30. The number of carbonyl (C=O) groups excluding carboxylic acids is 1. The predicted octanol–water partition coefficient (Wildman–Crippen LogP) is 5.10. The molecular weight excluding hydrogens is 506 g/mol. The van der Waals surface area contributed by atoms with Gasteiger partial charge in [-0.3, -0.25) is 4.79 Å². The van der Waals surface area contributed by atoms with Gasteiger partial charge in [0.2, 0.25) is 5.78 Å². The van der Waals surface area contributed by atoms with Crippen LogP contribution in [0, 0.1) is 0 Å². The molecule has 7 heteroatoms. The van der Waals surface area contributed by atoms with Crippen molar-refractivity contribution >= 4 is 43.1 Å². The highest BCUT2D eigenvalue weighted by molar-refractivity contribution is 7.72. The lowest BCUT2D eigenvalue weighted by atomic mass is 10.3. The fraction of sp³-hybridized carbons (Fsp3) is 0.0323. The summed E-state index contributed by atoms with van der Waals surface area (Å²) in [5.41, 5.74) is 0. The highest BCUT2D eigenvalue weighted by Crippen LogP contribution is 2.51. The minimum atomic E-state index is -1.04. The monoisotopic (exact) mass is 532 g/mol. The van der Waals surface area contributed by atoms with Crippen LogP contribution < -0.4 is 21.2 Å². The molecule has 0 saturated carbocycles. The van der Waals surface area contributed by atoms with Crippen molar-refractivity contribution in [2.75, 3.05) is 0 Å². The number of carbonyl (C=O) groups is 1. The number of Topliss-reactive ketones (excluding diaryl/α,β-unsaturated/α-hetero) is 1. The van der Waals surface area contributed by atoms with Gasteiger partial charge in [0, 0.05) is 46.0 Å². The average molecular weight is 533 g/mol. The first-order valence-corrected chi connectivity index (χ1v) is 15.0. The van der Waals surface area contributed by atoms with Gasteiger partial charge in [0.25, 0.3) is 0 Å². The lowest BCUT2D eigenvalue weighted by Crippen LogP contribution is -2.45. The van der Waals surface area contributed by atoms with E-state index in [0.29, 0.717) is 5.82 Å². The summed E-state index contributed by atoms with van der Waals surface area (Å²) in [7, 11) is -2.07. The molecule has 5 nitrogen and oxygen atoms in total. The van der Waals surface area contributed by atoms with E-state index in [-0.39, 0.29) is 5.78 Å². The SMILES string of the molecule is O=C(c1ncc[nH]1)C1N(P(c2ccccc2)c2ccccc2)C=CN1P(c1ccccc1)c1ccccc1. The van der Waals surface area contributed by atoms with Crippen molar-refractivity contribution < 1.29 is 4.79 Å². The number of aromatic amines is 1. The Balaban J connectivity index is 1.51. The van der Waals surface area contributed by atoms with Crippen molar-refractivity contribution in [1.29, 1.82) is 0 Å². The van der Waals surface area contributed by atoms with Crippen LogP contribution in [0.15, 0.2) is 146 Å². The number of H-pyrrole nitrogens is 1. The molecule has 0 saturated heterocycles. The summed E-state index contributed by atoms with van der Waals surface area (Å²) in [6.07, 6.45) is 6.97. The summed E-state index contributed by atoms with van der Waals surface area (Å²) in [6.45, 7) is 0. The Morgan fingerprint density at radius 2 is 0.974 bits per heavy atom. The maximum absolute atomic E-state index is 14.3. The third kappa shape index (κ3) is 4.79. The molecule has 186 valence electrons. The van der Waals surface area contributed by atoms with Gasteiger partial charge in [-0.2, -0.15) is 0 Å². The van der Waals surface area contributed by atoms with Crippen LogP contribution >= 0.6 is 16.1 Å². The van der Waals surface area contributed by atoms with Gasteiger partial charge in [-0.05, 0) is 0 Å². The topological polar surface area (TPSA) is 52.2 Å². The molecule has 0 bridgehead atoms. The lowest BCUT2D eigenvalue weighted by Gasteiger charge is -2.40. The molecule has 0 atom stereocenters. The van der Waals surface area contributed by atoms with Crippen molar-refractivity contribution in [3.63, 3.8) is 0 Å². The van der Waals surface area contributed by atoms with Gasteiger partial charge in [0.1, 0.15) is 0 Å². The van der Waals surface area contributed by atoms with Gasteiger partial charge in [0.05, 0.1) is 16.1 Å². The number of ketones is 1. The molecule has 1 N–H and O–H groups in total. The molecule has 4 aromatic carbocycles. The zero-order valence-electron chi connectivity index (χ0n) is 20.6. The van der Waals surface area contributed by atoms with Gasteiger partial charge < -0.3 is 14.3 Å². The van der Waals surface area contributed by atoms with Crippen molar-refractivity contribution in [3.8, 4) is 0 Å². The molecule has 0 aliphatic carbocycles. The number of aromatic nitrogens is 2. The fourth-order valence-electron chi connectivity index (χ4n) is 4.64. The van der Waals surface area contributed by atoms with E-state index in [1.54, 1.807) is 12.4 Å². The maximum atomic E-state index is 14.3. The van der Waals surface area contributed by atoms with E-state index < -0.39 is 22.3 Å². The van der Waals surface area contributed by atoms with Gasteiger partial charge in [-0.1, -0.05) is 121 Å². The van der Waals surface area contributed by atoms with E-state index in [1.165, 1.54) is 21.2 Å². The Hall–Kier alpha value is -4.04. The molecule has 38 heavy (non-hydrogen) atoms. The zero-order chi connectivity index (χ0) is 25.7. The number of imidazole rings is 1. The number of rotatable bonds is 8. The molecule has 0 radical (unpaired) electrons. The predicted molar refractivity (Wildman–Crippen MR) is 158 cm³/mol. The van der Waals surface area contributed by atoms with Crippen LogP contribution in [0.4, 0.5) is 0 Å². The van der Waals surface area contributed by atoms with Gasteiger partial charge >= 0.3 is 0 Å². The second-order valence-corrected chi connectivity index (χ2v) is 12.9. The third-order valence-corrected chi connectivity index (χ3v) is 11.1. The molecule has 2 heterocycles. The fourth-order valence-corrected chi connectivity index (χ4v) is 9.46. The minimum absolute atomic E-state index is 0.0567. The molecule has 1 aliphatic rings. The quantitative estimate of drug-likeness (QED) is 0.223. The Kier molecular flexibility index (Phi) is 7.13. The van der Waals surface area contributed by atoms with Crippen molar-refractivity contribution in [3.05, 3.63) is 152 Å². The number of nitrogens with zero attached hydrogens (tertiary/aromatic N) is 3. The van der Waals surface area contributed by atoms with E-state index in [4.69, 9.17) is 0 Å². The molecule has 0 amide bonds. The highest BCUT2D eigenvalue weighted by Gasteiger charge is 2.43. The van der Waals surface area contributed by atoms with Crippen LogP contribution in [0.1, 0.15) is 10.6 Å². The normalized spacial score (nSPS) is 13.5.